The molecule has 5 heteroatoms. The quantitative estimate of drug-likeness (QED) is 0.656. The number of rotatable bonds is 6. The van der Waals surface area contributed by atoms with Gasteiger partial charge < -0.3 is 14.9 Å². The summed E-state index contributed by atoms with van der Waals surface area (Å²) >= 11 is 6.04. The molecule has 4 nitrogen and oxygen atoms in total. The Labute approximate surface area is 129 Å². The summed E-state index contributed by atoms with van der Waals surface area (Å²) in [5, 5.41) is 4.84. The van der Waals surface area contributed by atoms with Gasteiger partial charge in [0.25, 0.3) is 0 Å². The van der Waals surface area contributed by atoms with Crippen LogP contribution in [0, 0.1) is 0 Å². The average Bonchev–Trinajstić information content (AvgIpc) is 2.52. The maximum absolute atomic E-state index is 6.04. The molecule has 0 saturated carbocycles. The molecule has 0 fully saturated rings. The second kappa shape index (κ2) is 7.55. The summed E-state index contributed by atoms with van der Waals surface area (Å²) < 4.78 is 10.5. The van der Waals surface area contributed by atoms with Crippen molar-refractivity contribution in [2.75, 3.05) is 14.2 Å². The molecule has 2 aromatic rings. The van der Waals surface area contributed by atoms with Crippen molar-refractivity contribution in [2.24, 2.45) is 5.10 Å². The SMILES string of the molecule is COc1ccc(CN/N=C/c2ccccc2Cl)cc1OC. The number of methoxy groups -OCH3 is 2. The highest BCUT2D eigenvalue weighted by Gasteiger charge is 2.03. The highest BCUT2D eigenvalue weighted by Crippen LogP contribution is 2.27. The van der Waals surface area contributed by atoms with Crippen LogP contribution in [0.15, 0.2) is 47.6 Å². The highest BCUT2D eigenvalue weighted by atomic mass is 35.5. The molecule has 2 rings (SSSR count). The summed E-state index contributed by atoms with van der Waals surface area (Å²) in [5.41, 5.74) is 4.90. The summed E-state index contributed by atoms with van der Waals surface area (Å²) in [7, 11) is 3.23. The minimum Gasteiger partial charge on any atom is -0.493 e. The fraction of sp³-hybridized carbons (Fsp3) is 0.188. The molecule has 0 amide bonds. The Morgan fingerprint density at radius 3 is 2.57 bits per heavy atom. The summed E-state index contributed by atoms with van der Waals surface area (Å²) in [5.74, 6) is 1.41. The van der Waals surface area contributed by atoms with Crippen LogP contribution in [0.3, 0.4) is 0 Å². The third kappa shape index (κ3) is 4.13. The zero-order valence-corrected chi connectivity index (χ0v) is 12.7. The number of halogens is 1. The smallest absolute Gasteiger partial charge is 0.161 e. The van der Waals surface area contributed by atoms with Crippen LogP contribution in [-0.2, 0) is 6.54 Å². The molecular formula is C16H17ClN2O2. The third-order valence-corrected chi connectivity index (χ3v) is 3.28. The van der Waals surface area contributed by atoms with Gasteiger partial charge in [0, 0.05) is 10.6 Å². The third-order valence-electron chi connectivity index (χ3n) is 2.93. The largest absolute Gasteiger partial charge is 0.493 e. The van der Waals surface area contributed by atoms with E-state index >= 15 is 0 Å². The van der Waals surface area contributed by atoms with Gasteiger partial charge in [-0.2, -0.15) is 5.10 Å². The first kappa shape index (κ1) is 15.2. The summed E-state index contributed by atoms with van der Waals surface area (Å²) in [6, 6.07) is 13.3. The normalized spacial score (nSPS) is 10.6. The fourth-order valence-electron chi connectivity index (χ4n) is 1.82. The number of nitrogens with one attached hydrogen (secondary N) is 1. The van der Waals surface area contributed by atoms with Crippen molar-refractivity contribution in [1.82, 2.24) is 5.43 Å². The molecule has 110 valence electrons. The molecule has 0 aliphatic rings. The lowest BCUT2D eigenvalue weighted by molar-refractivity contribution is 0.354. The minimum absolute atomic E-state index is 0.585. The van der Waals surface area contributed by atoms with Crippen molar-refractivity contribution in [3.05, 3.63) is 58.6 Å². The van der Waals surface area contributed by atoms with E-state index in [4.69, 9.17) is 21.1 Å². The van der Waals surface area contributed by atoms with E-state index in [1.54, 1.807) is 20.4 Å². The highest BCUT2D eigenvalue weighted by molar-refractivity contribution is 6.33. The van der Waals surface area contributed by atoms with Gasteiger partial charge in [-0.3, -0.25) is 0 Å². The first-order valence-electron chi connectivity index (χ1n) is 6.46. The number of hydrogen-bond acceptors (Lipinski definition) is 4. The monoisotopic (exact) mass is 304 g/mol. The van der Waals surface area contributed by atoms with E-state index in [2.05, 4.69) is 10.5 Å². The molecular weight excluding hydrogens is 288 g/mol. The Hall–Kier alpha value is -2.20. The first-order chi connectivity index (χ1) is 10.2. The first-order valence-corrected chi connectivity index (χ1v) is 6.83. The molecule has 1 N–H and O–H groups in total. The maximum Gasteiger partial charge on any atom is 0.161 e. The van der Waals surface area contributed by atoms with Gasteiger partial charge in [-0.15, -0.1) is 0 Å². The van der Waals surface area contributed by atoms with E-state index in [1.807, 2.05) is 42.5 Å². The number of nitrogens with zero attached hydrogens (tertiary/aromatic N) is 1. The van der Waals surface area contributed by atoms with Crippen LogP contribution >= 0.6 is 11.6 Å². The van der Waals surface area contributed by atoms with Gasteiger partial charge >= 0.3 is 0 Å². The van der Waals surface area contributed by atoms with Gasteiger partial charge in [-0.05, 0) is 23.8 Å². The Morgan fingerprint density at radius 1 is 1.10 bits per heavy atom. The molecule has 0 atom stereocenters. The van der Waals surface area contributed by atoms with Crippen LogP contribution < -0.4 is 14.9 Å². The topological polar surface area (TPSA) is 42.8 Å². The van der Waals surface area contributed by atoms with E-state index in [0.717, 1.165) is 11.1 Å². The lowest BCUT2D eigenvalue weighted by Gasteiger charge is -2.09. The second-order valence-electron chi connectivity index (χ2n) is 4.30. The summed E-state index contributed by atoms with van der Waals surface area (Å²) in [4.78, 5) is 0. The summed E-state index contributed by atoms with van der Waals surface area (Å²) in [6.45, 7) is 0.585. The Morgan fingerprint density at radius 2 is 1.86 bits per heavy atom. The van der Waals surface area contributed by atoms with E-state index < -0.39 is 0 Å². The molecule has 0 aromatic heterocycles. The molecule has 0 bridgehead atoms. The molecule has 0 saturated heterocycles. The molecule has 0 aliphatic carbocycles. The number of hydrogen-bond donors (Lipinski definition) is 1. The zero-order valence-electron chi connectivity index (χ0n) is 12.0. The van der Waals surface area contributed by atoms with E-state index in [9.17, 15) is 0 Å². The van der Waals surface area contributed by atoms with E-state index in [1.165, 1.54) is 0 Å². The van der Waals surface area contributed by atoms with Crippen LogP contribution in [0.1, 0.15) is 11.1 Å². The van der Waals surface area contributed by atoms with Crippen molar-refractivity contribution in [3.8, 4) is 11.5 Å². The molecule has 0 spiro atoms. The van der Waals surface area contributed by atoms with Gasteiger partial charge in [0.05, 0.1) is 27.0 Å². The molecule has 0 unspecified atom stereocenters. The number of ether oxygens (including phenoxy) is 2. The van der Waals surface area contributed by atoms with Gasteiger partial charge in [0.15, 0.2) is 11.5 Å². The Balaban J connectivity index is 1.96. The van der Waals surface area contributed by atoms with Crippen molar-refractivity contribution < 1.29 is 9.47 Å². The predicted molar refractivity (Wildman–Crippen MR) is 85.4 cm³/mol. The molecule has 21 heavy (non-hydrogen) atoms. The fourth-order valence-corrected chi connectivity index (χ4v) is 2.01. The number of hydrazone groups is 1. The van der Waals surface area contributed by atoms with Crippen LogP contribution in [-0.4, -0.2) is 20.4 Å². The van der Waals surface area contributed by atoms with Gasteiger partial charge in [-0.1, -0.05) is 35.9 Å². The summed E-state index contributed by atoms with van der Waals surface area (Å²) in [6.07, 6.45) is 1.70. The lowest BCUT2D eigenvalue weighted by Crippen LogP contribution is -2.06. The van der Waals surface area contributed by atoms with Crippen molar-refractivity contribution in [2.45, 2.75) is 6.54 Å². The van der Waals surface area contributed by atoms with Crippen molar-refractivity contribution >= 4 is 17.8 Å². The predicted octanol–water partition coefficient (Wildman–Crippen LogP) is 3.48. The van der Waals surface area contributed by atoms with Gasteiger partial charge in [0.1, 0.15) is 0 Å². The Kier molecular flexibility index (Phi) is 5.46. The Bertz CT molecular complexity index is 629. The van der Waals surface area contributed by atoms with Crippen LogP contribution in [0.2, 0.25) is 5.02 Å². The molecule has 0 heterocycles. The average molecular weight is 305 g/mol. The van der Waals surface area contributed by atoms with Crippen LogP contribution in [0.5, 0.6) is 11.5 Å². The van der Waals surface area contributed by atoms with Gasteiger partial charge in [0.2, 0.25) is 0 Å². The van der Waals surface area contributed by atoms with Gasteiger partial charge in [-0.25, -0.2) is 0 Å². The number of benzene rings is 2. The van der Waals surface area contributed by atoms with Crippen molar-refractivity contribution in [1.29, 1.82) is 0 Å². The molecule has 0 aliphatic heterocycles. The molecule has 2 aromatic carbocycles. The van der Waals surface area contributed by atoms with Crippen LogP contribution in [0.25, 0.3) is 0 Å². The standard InChI is InChI=1S/C16H17ClN2O2/c1-20-15-8-7-12(9-16(15)21-2)10-18-19-11-13-5-3-4-6-14(13)17/h3-9,11,18H,10H2,1-2H3/b19-11+. The van der Waals surface area contributed by atoms with Crippen molar-refractivity contribution in [3.63, 3.8) is 0 Å². The maximum atomic E-state index is 6.04. The zero-order chi connectivity index (χ0) is 15.1. The molecule has 0 radical (unpaired) electrons. The van der Waals surface area contributed by atoms with E-state index in [-0.39, 0.29) is 0 Å². The van der Waals surface area contributed by atoms with Crippen LogP contribution in [0.4, 0.5) is 0 Å². The van der Waals surface area contributed by atoms with E-state index in [0.29, 0.717) is 23.1 Å². The minimum atomic E-state index is 0.585. The second-order valence-corrected chi connectivity index (χ2v) is 4.71. The lowest BCUT2D eigenvalue weighted by atomic mass is 10.2.